The van der Waals surface area contributed by atoms with Crippen LogP contribution in [0.4, 0.5) is 0 Å². The summed E-state index contributed by atoms with van der Waals surface area (Å²) in [5.41, 5.74) is 3.38. The molecule has 0 saturated carbocycles. The van der Waals surface area contributed by atoms with E-state index in [1.54, 1.807) is 24.3 Å². The van der Waals surface area contributed by atoms with Gasteiger partial charge in [-0.15, -0.1) is 0 Å². The van der Waals surface area contributed by atoms with Gasteiger partial charge in [-0.3, -0.25) is 4.79 Å². The van der Waals surface area contributed by atoms with Gasteiger partial charge in [0.25, 0.3) is 0 Å². The molecule has 0 atom stereocenters. The summed E-state index contributed by atoms with van der Waals surface area (Å²) in [7, 11) is -3.61. The molecule has 1 heterocycles. The average Bonchev–Trinajstić information content (AvgIpc) is 2.48. The number of hydrogen-bond donors (Lipinski definition) is 0. The SMILES string of the molecule is C=C1CN(S(=O)(=O)c2ccc(C)cc2)CC(COC(C)=O)=C1C. The molecule has 2 rings (SSSR count). The summed E-state index contributed by atoms with van der Waals surface area (Å²) >= 11 is 0. The van der Waals surface area contributed by atoms with Crippen LogP contribution in [0.3, 0.4) is 0 Å². The van der Waals surface area contributed by atoms with Crippen LogP contribution in [0.5, 0.6) is 0 Å². The highest BCUT2D eigenvalue weighted by molar-refractivity contribution is 7.89. The summed E-state index contributed by atoms with van der Waals surface area (Å²) in [6.45, 7) is 9.57. The quantitative estimate of drug-likeness (QED) is 0.793. The third-order valence-corrected chi connectivity index (χ3v) is 5.71. The molecule has 0 N–H and O–H groups in total. The summed E-state index contributed by atoms with van der Waals surface area (Å²) in [5, 5.41) is 0. The largest absolute Gasteiger partial charge is 0.461 e. The molecule has 1 aliphatic heterocycles. The topological polar surface area (TPSA) is 63.7 Å². The standard InChI is InChI=1S/C17H21NO4S/c1-12-5-7-17(8-6-12)23(20,21)18-9-13(2)14(3)16(10-18)11-22-15(4)19/h5-8H,2,9-11H2,1,3-4H3. The Morgan fingerprint density at radius 1 is 1.22 bits per heavy atom. The Labute approximate surface area is 137 Å². The number of carbonyl (C=O) groups is 1. The smallest absolute Gasteiger partial charge is 0.302 e. The van der Waals surface area contributed by atoms with Crippen molar-refractivity contribution in [1.29, 1.82) is 0 Å². The van der Waals surface area contributed by atoms with Crippen molar-refractivity contribution < 1.29 is 17.9 Å². The van der Waals surface area contributed by atoms with E-state index in [2.05, 4.69) is 6.58 Å². The molecule has 0 amide bonds. The van der Waals surface area contributed by atoms with Gasteiger partial charge >= 0.3 is 5.97 Å². The fraction of sp³-hybridized carbons (Fsp3) is 0.353. The lowest BCUT2D eigenvalue weighted by molar-refractivity contribution is -0.140. The molecule has 0 unspecified atom stereocenters. The lowest BCUT2D eigenvalue weighted by atomic mass is 10.00. The van der Waals surface area contributed by atoms with Gasteiger partial charge in [0.2, 0.25) is 10.0 Å². The first-order chi connectivity index (χ1) is 10.7. The van der Waals surface area contributed by atoms with Crippen LogP contribution in [0.1, 0.15) is 19.4 Å². The first-order valence-electron chi connectivity index (χ1n) is 7.28. The number of rotatable bonds is 4. The lowest BCUT2D eigenvalue weighted by Gasteiger charge is -2.30. The van der Waals surface area contributed by atoms with Crippen molar-refractivity contribution in [1.82, 2.24) is 4.31 Å². The van der Waals surface area contributed by atoms with Gasteiger partial charge in [0.05, 0.1) is 4.90 Å². The highest BCUT2D eigenvalue weighted by atomic mass is 32.2. The molecule has 6 heteroatoms. The minimum atomic E-state index is -3.61. The highest BCUT2D eigenvalue weighted by Gasteiger charge is 2.30. The molecule has 0 aliphatic carbocycles. The summed E-state index contributed by atoms with van der Waals surface area (Å²) in [6, 6.07) is 6.74. The second-order valence-corrected chi connectivity index (χ2v) is 7.64. The molecule has 5 nitrogen and oxygen atoms in total. The average molecular weight is 335 g/mol. The zero-order chi connectivity index (χ0) is 17.2. The van der Waals surface area contributed by atoms with Crippen LogP contribution < -0.4 is 0 Å². The molecule has 0 bridgehead atoms. The normalized spacial score (nSPS) is 16.6. The van der Waals surface area contributed by atoms with Gasteiger partial charge in [-0.25, -0.2) is 8.42 Å². The predicted octanol–water partition coefficient (Wildman–Crippen LogP) is 2.44. The van der Waals surface area contributed by atoms with Crippen LogP contribution in [0, 0.1) is 6.92 Å². The Morgan fingerprint density at radius 3 is 2.39 bits per heavy atom. The molecule has 0 fully saturated rings. The van der Waals surface area contributed by atoms with Crippen LogP contribution in [-0.2, 0) is 19.6 Å². The maximum atomic E-state index is 12.8. The molecule has 0 radical (unpaired) electrons. The van der Waals surface area contributed by atoms with E-state index in [-0.39, 0.29) is 24.6 Å². The summed E-state index contributed by atoms with van der Waals surface area (Å²) < 4.78 is 32.0. The van der Waals surface area contributed by atoms with E-state index in [9.17, 15) is 13.2 Å². The van der Waals surface area contributed by atoms with Gasteiger partial charge in [-0.1, -0.05) is 24.3 Å². The second kappa shape index (κ2) is 6.68. The van der Waals surface area contributed by atoms with E-state index in [4.69, 9.17) is 4.74 Å². The van der Waals surface area contributed by atoms with E-state index in [1.807, 2.05) is 13.8 Å². The summed E-state index contributed by atoms with van der Waals surface area (Å²) in [5.74, 6) is -0.394. The zero-order valence-corrected chi connectivity index (χ0v) is 14.4. The zero-order valence-electron chi connectivity index (χ0n) is 13.6. The van der Waals surface area contributed by atoms with Crippen LogP contribution in [-0.4, -0.2) is 38.4 Å². The van der Waals surface area contributed by atoms with Gasteiger partial charge in [0, 0.05) is 20.0 Å². The Morgan fingerprint density at radius 2 is 1.83 bits per heavy atom. The van der Waals surface area contributed by atoms with Gasteiger partial charge in [0.15, 0.2) is 0 Å². The van der Waals surface area contributed by atoms with Crippen molar-refractivity contribution in [2.45, 2.75) is 25.7 Å². The van der Waals surface area contributed by atoms with E-state index in [0.29, 0.717) is 5.57 Å². The minimum absolute atomic E-state index is 0.0834. The molecule has 1 aliphatic rings. The Hall–Kier alpha value is -1.92. The Kier molecular flexibility index (Phi) is 5.06. The molecular formula is C17H21NO4S. The third kappa shape index (κ3) is 3.89. The van der Waals surface area contributed by atoms with E-state index in [0.717, 1.165) is 16.7 Å². The van der Waals surface area contributed by atoms with Gasteiger partial charge in [-0.2, -0.15) is 4.31 Å². The fourth-order valence-corrected chi connectivity index (χ4v) is 3.77. The molecular weight excluding hydrogens is 314 g/mol. The number of aryl methyl sites for hydroxylation is 1. The Balaban J connectivity index is 2.29. The minimum Gasteiger partial charge on any atom is -0.461 e. The summed E-state index contributed by atoms with van der Waals surface area (Å²) in [4.78, 5) is 11.3. The molecule has 124 valence electrons. The number of esters is 1. The molecule has 0 saturated heterocycles. The maximum Gasteiger partial charge on any atom is 0.302 e. The molecule has 0 spiro atoms. The van der Waals surface area contributed by atoms with E-state index < -0.39 is 16.0 Å². The summed E-state index contributed by atoms with van der Waals surface area (Å²) in [6.07, 6.45) is 0. The molecule has 0 aromatic heterocycles. The highest BCUT2D eigenvalue weighted by Crippen LogP contribution is 2.27. The molecule has 23 heavy (non-hydrogen) atoms. The van der Waals surface area contributed by atoms with Gasteiger partial charge in [0.1, 0.15) is 6.61 Å². The van der Waals surface area contributed by atoms with Crippen molar-refractivity contribution in [2.24, 2.45) is 0 Å². The third-order valence-electron chi connectivity index (χ3n) is 3.90. The first kappa shape index (κ1) is 17.4. The van der Waals surface area contributed by atoms with Crippen molar-refractivity contribution in [2.75, 3.05) is 19.7 Å². The number of nitrogens with zero attached hydrogens (tertiary/aromatic N) is 1. The van der Waals surface area contributed by atoms with Crippen LogP contribution in [0.25, 0.3) is 0 Å². The van der Waals surface area contributed by atoms with E-state index in [1.165, 1.54) is 11.2 Å². The molecule has 1 aromatic carbocycles. The monoisotopic (exact) mass is 335 g/mol. The van der Waals surface area contributed by atoms with Gasteiger partial charge in [-0.05, 0) is 42.7 Å². The number of benzene rings is 1. The maximum absolute atomic E-state index is 12.8. The van der Waals surface area contributed by atoms with Crippen LogP contribution >= 0.6 is 0 Å². The fourth-order valence-electron chi connectivity index (χ4n) is 2.34. The van der Waals surface area contributed by atoms with Crippen LogP contribution in [0.15, 0.2) is 52.5 Å². The van der Waals surface area contributed by atoms with Crippen molar-refractivity contribution in [3.8, 4) is 0 Å². The van der Waals surface area contributed by atoms with Gasteiger partial charge < -0.3 is 4.74 Å². The van der Waals surface area contributed by atoms with Crippen LogP contribution in [0.2, 0.25) is 0 Å². The van der Waals surface area contributed by atoms with Crippen molar-refractivity contribution in [3.63, 3.8) is 0 Å². The first-order valence-corrected chi connectivity index (χ1v) is 8.73. The van der Waals surface area contributed by atoms with E-state index >= 15 is 0 Å². The second-order valence-electron chi connectivity index (χ2n) is 5.70. The number of hydrogen-bond acceptors (Lipinski definition) is 4. The number of sulfonamides is 1. The molecule has 1 aromatic rings. The van der Waals surface area contributed by atoms with Crippen molar-refractivity contribution >= 4 is 16.0 Å². The number of ether oxygens (including phenoxy) is 1. The lowest BCUT2D eigenvalue weighted by Crippen LogP contribution is -2.38. The Bertz CT molecular complexity index is 760. The van der Waals surface area contributed by atoms with Crippen molar-refractivity contribution in [3.05, 3.63) is 53.1 Å². The number of carbonyl (C=O) groups excluding carboxylic acids is 1. The predicted molar refractivity (Wildman–Crippen MR) is 88.4 cm³/mol.